The summed E-state index contributed by atoms with van der Waals surface area (Å²) in [5.74, 6) is -0.381. The molecule has 0 radical (unpaired) electrons. The Bertz CT molecular complexity index is 1200. The van der Waals surface area contributed by atoms with E-state index in [1.54, 1.807) is 41.0 Å². The molecule has 1 amide bonds. The van der Waals surface area contributed by atoms with E-state index in [0.29, 0.717) is 27.1 Å². The molecule has 0 bridgehead atoms. The topological polar surface area (TPSA) is 77.1 Å². The molecule has 10 heteroatoms. The van der Waals surface area contributed by atoms with Gasteiger partial charge in [0.1, 0.15) is 5.69 Å². The Morgan fingerprint density at radius 2 is 2.00 bits per heavy atom. The van der Waals surface area contributed by atoms with Gasteiger partial charge in [-0.25, -0.2) is 9.50 Å². The van der Waals surface area contributed by atoms with Gasteiger partial charge in [-0.05, 0) is 47.1 Å². The average Bonchev–Trinajstić information content (AvgIpc) is 3.28. The molecule has 0 unspecified atom stereocenters. The van der Waals surface area contributed by atoms with Crippen LogP contribution in [0.2, 0.25) is 10.0 Å². The number of fused-ring (bicyclic) bond motifs is 1. The van der Waals surface area contributed by atoms with Gasteiger partial charge in [-0.1, -0.05) is 23.2 Å². The third-order valence-electron chi connectivity index (χ3n) is 4.05. The highest BCUT2D eigenvalue weighted by molar-refractivity contribution is 9.10. The van der Waals surface area contributed by atoms with Gasteiger partial charge in [0.15, 0.2) is 11.3 Å². The van der Waals surface area contributed by atoms with Gasteiger partial charge in [0, 0.05) is 30.7 Å². The third-order valence-corrected chi connectivity index (χ3v) is 5.37. The van der Waals surface area contributed by atoms with Crippen LogP contribution in [0.4, 0.5) is 5.69 Å². The lowest BCUT2D eigenvalue weighted by Gasteiger charge is -2.04. The number of carbonyl (C=O) groups excluding carboxylic acids is 1. The van der Waals surface area contributed by atoms with Crippen molar-refractivity contribution in [1.29, 1.82) is 0 Å². The zero-order valence-electron chi connectivity index (χ0n) is 14.5. The number of nitrogens with zero attached hydrogens (tertiary/aromatic N) is 5. The normalized spacial score (nSPS) is 11.1. The van der Waals surface area contributed by atoms with Crippen molar-refractivity contribution in [3.63, 3.8) is 0 Å². The largest absolute Gasteiger partial charge is 0.321 e. The fourth-order valence-electron chi connectivity index (χ4n) is 2.69. The molecule has 28 heavy (non-hydrogen) atoms. The van der Waals surface area contributed by atoms with Gasteiger partial charge in [-0.3, -0.25) is 9.48 Å². The summed E-state index contributed by atoms with van der Waals surface area (Å²) in [5, 5.41) is 12.5. The van der Waals surface area contributed by atoms with Crippen LogP contribution in [0.5, 0.6) is 0 Å². The van der Waals surface area contributed by atoms with Crippen LogP contribution in [0.15, 0.2) is 47.2 Å². The van der Waals surface area contributed by atoms with Gasteiger partial charge in [0.25, 0.3) is 5.91 Å². The molecule has 0 fully saturated rings. The second-order valence-corrected chi connectivity index (χ2v) is 7.56. The van der Waals surface area contributed by atoms with Crippen LogP contribution < -0.4 is 5.32 Å². The average molecular weight is 480 g/mol. The summed E-state index contributed by atoms with van der Waals surface area (Å²) >= 11 is 15.4. The van der Waals surface area contributed by atoms with Crippen molar-refractivity contribution in [3.8, 4) is 11.4 Å². The van der Waals surface area contributed by atoms with Crippen molar-refractivity contribution in [1.82, 2.24) is 24.4 Å². The van der Waals surface area contributed by atoms with Gasteiger partial charge in [0.05, 0.1) is 20.2 Å². The molecule has 0 aliphatic heterocycles. The monoisotopic (exact) mass is 478 g/mol. The number of anilines is 1. The van der Waals surface area contributed by atoms with Crippen molar-refractivity contribution in [3.05, 3.63) is 62.9 Å². The smallest absolute Gasteiger partial charge is 0.276 e. The van der Waals surface area contributed by atoms with Crippen LogP contribution in [-0.2, 0) is 6.54 Å². The molecule has 0 aliphatic rings. The first-order valence-electron chi connectivity index (χ1n) is 8.30. The van der Waals surface area contributed by atoms with Crippen molar-refractivity contribution < 1.29 is 4.79 Å². The molecule has 0 aliphatic carbocycles. The van der Waals surface area contributed by atoms with E-state index < -0.39 is 0 Å². The molecule has 4 aromatic rings. The van der Waals surface area contributed by atoms with E-state index in [1.165, 1.54) is 0 Å². The molecular formula is C18H13BrCl2N6O. The van der Waals surface area contributed by atoms with E-state index in [4.69, 9.17) is 23.2 Å². The number of nitrogens with one attached hydrogen (secondary N) is 1. The maximum Gasteiger partial charge on any atom is 0.276 e. The third kappa shape index (κ3) is 3.50. The van der Waals surface area contributed by atoms with Crippen LogP contribution >= 0.6 is 39.1 Å². The van der Waals surface area contributed by atoms with Gasteiger partial charge in [-0.2, -0.15) is 10.2 Å². The zero-order chi connectivity index (χ0) is 19.8. The van der Waals surface area contributed by atoms with Crippen LogP contribution in [-0.4, -0.2) is 30.3 Å². The maximum atomic E-state index is 12.6. The first-order valence-corrected chi connectivity index (χ1v) is 9.85. The molecule has 3 aromatic heterocycles. The summed E-state index contributed by atoms with van der Waals surface area (Å²) in [6.07, 6.45) is 3.55. The molecule has 0 atom stereocenters. The van der Waals surface area contributed by atoms with E-state index in [1.807, 2.05) is 17.8 Å². The predicted molar refractivity (Wildman–Crippen MR) is 112 cm³/mol. The molecule has 0 spiro atoms. The number of benzene rings is 1. The van der Waals surface area contributed by atoms with Gasteiger partial charge in [-0.15, -0.1) is 0 Å². The number of halogens is 3. The summed E-state index contributed by atoms with van der Waals surface area (Å²) in [5.41, 5.74) is 2.72. The summed E-state index contributed by atoms with van der Waals surface area (Å²) in [6.45, 7) is 2.74. The fraction of sp³-hybridized carbons (Fsp3) is 0.111. The van der Waals surface area contributed by atoms with E-state index >= 15 is 0 Å². The predicted octanol–water partition coefficient (Wildman–Crippen LogP) is 4.93. The minimum absolute atomic E-state index is 0.220. The quantitative estimate of drug-likeness (QED) is 0.450. The summed E-state index contributed by atoms with van der Waals surface area (Å²) in [7, 11) is 0. The van der Waals surface area contributed by atoms with Crippen molar-refractivity contribution in [2.45, 2.75) is 13.5 Å². The van der Waals surface area contributed by atoms with Gasteiger partial charge in [0.2, 0.25) is 0 Å². The highest BCUT2D eigenvalue weighted by atomic mass is 79.9. The molecule has 4 rings (SSSR count). The molecule has 1 N–H and O–H groups in total. The van der Waals surface area contributed by atoms with E-state index in [2.05, 4.69) is 36.4 Å². The first kappa shape index (κ1) is 18.9. The molecule has 0 saturated heterocycles. The number of hydrogen-bond acceptors (Lipinski definition) is 4. The number of aromatic nitrogens is 5. The van der Waals surface area contributed by atoms with E-state index in [9.17, 15) is 4.79 Å². The summed E-state index contributed by atoms with van der Waals surface area (Å²) < 4.78 is 4.24. The standard InChI is InChI=1S/C18H13BrCl2N6O/c1-2-26-9-11(19)17(25-26)15-5-6-22-16-8-14(24-27(15)16)18(28)23-10-3-4-12(20)13(21)7-10/h3-9H,2H2,1H3,(H,23,28). The minimum Gasteiger partial charge on any atom is -0.321 e. The Hall–Kier alpha value is -2.42. The Morgan fingerprint density at radius 3 is 2.71 bits per heavy atom. The Kier molecular flexibility index (Phi) is 5.09. The Balaban J connectivity index is 1.70. The number of amides is 1. The molecule has 3 heterocycles. The lowest BCUT2D eigenvalue weighted by Crippen LogP contribution is -2.12. The molecule has 1 aromatic carbocycles. The van der Waals surface area contributed by atoms with Crippen LogP contribution in [0, 0.1) is 0 Å². The Morgan fingerprint density at radius 1 is 1.18 bits per heavy atom. The van der Waals surface area contributed by atoms with E-state index in [-0.39, 0.29) is 11.6 Å². The second-order valence-electron chi connectivity index (χ2n) is 5.89. The van der Waals surface area contributed by atoms with E-state index in [0.717, 1.165) is 16.7 Å². The second kappa shape index (κ2) is 7.54. The molecule has 0 saturated carbocycles. The van der Waals surface area contributed by atoms with Crippen LogP contribution in [0.25, 0.3) is 17.0 Å². The zero-order valence-corrected chi connectivity index (χ0v) is 17.6. The fourth-order valence-corrected chi connectivity index (χ4v) is 3.50. The molecule has 142 valence electrons. The minimum atomic E-state index is -0.381. The van der Waals surface area contributed by atoms with Gasteiger partial charge < -0.3 is 5.32 Å². The molecular weight excluding hydrogens is 467 g/mol. The number of aryl methyl sites for hydroxylation is 1. The maximum absolute atomic E-state index is 12.6. The summed E-state index contributed by atoms with van der Waals surface area (Å²) in [4.78, 5) is 16.9. The Labute approximate surface area is 178 Å². The van der Waals surface area contributed by atoms with Crippen molar-refractivity contribution in [2.75, 3.05) is 5.32 Å². The van der Waals surface area contributed by atoms with Crippen LogP contribution in [0.3, 0.4) is 0 Å². The number of rotatable bonds is 4. The summed E-state index contributed by atoms with van der Waals surface area (Å²) in [6, 6.07) is 8.27. The van der Waals surface area contributed by atoms with Crippen molar-refractivity contribution in [2.24, 2.45) is 0 Å². The molecule has 7 nitrogen and oxygen atoms in total. The SMILES string of the molecule is CCn1cc(Br)c(-c2ccnc3cc(C(=O)Nc4ccc(Cl)c(Cl)c4)nn23)n1. The number of hydrogen-bond donors (Lipinski definition) is 1. The van der Waals surface area contributed by atoms with Crippen molar-refractivity contribution >= 4 is 56.4 Å². The lowest BCUT2D eigenvalue weighted by molar-refractivity contribution is 0.102. The first-order chi connectivity index (χ1) is 13.5. The van der Waals surface area contributed by atoms with Crippen LogP contribution in [0.1, 0.15) is 17.4 Å². The number of carbonyl (C=O) groups is 1. The highest BCUT2D eigenvalue weighted by Gasteiger charge is 2.17. The lowest BCUT2D eigenvalue weighted by atomic mass is 10.3. The van der Waals surface area contributed by atoms with Gasteiger partial charge >= 0.3 is 0 Å². The highest BCUT2D eigenvalue weighted by Crippen LogP contribution is 2.27.